The SMILES string of the molecule is O=S(=O)(NCc1cccnc1-c1cccs1)c1c(F)cccc1F. The van der Waals surface area contributed by atoms with Crippen molar-refractivity contribution in [2.45, 2.75) is 11.4 Å². The quantitative estimate of drug-likeness (QED) is 0.751. The first-order valence-corrected chi connectivity index (χ1v) is 9.27. The van der Waals surface area contributed by atoms with E-state index in [1.165, 1.54) is 11.3 Å². The number of halogens is 2. The van der Waals surface area contributed by atoms with Crippen molar-refractivity contribution in [3.63, 3.8) is 0 Å². The highest BCUT2D eigenvalue weighted by Gasteiger charge is 2.23. The molecule has 3 aromatic rings. The van der Waals surface area contributed by atoms with E-state index in [-0.39, 0.29) is 6.54 Å². The predicted octanol–water partition coefficient (Wildman–Crippen LogP) is 3.57. The molecule has 124 valence electrons. The first-order chi connectivity index (χ1) is 11.5. The van der Waals surface area contributed by atoms with Crippen molar-refractivity contribution >= 4 is 21.4 Å². The van der Waals surface area contributed by atoms with E-state index >= 15 is 0 Å². The van der Waals surface area contributed by atoms with Crippen LogP contribution >= 0.6 is 11.3 Å². The topological polar surface area (TPSA) is 59.1 Å². The lowest BCUT2D eigenvalue weighted by atomic mass is 10.2. The second kappa shape index (κ2) is 6.76. The molecule has 24 heavy (non-hydrogen) atoms. The highest BCUT2D eigenvalue weighted by molar-refractivity contribution is 7.89. The molecule has 2 heterocycles. The number of pyridine rings is 1. The average molecular weight is 366 g/mol. The van der Waals surface area contributed by atoms with Crippen molar-refractivity contribution in [3.8, 4) is 10.6 Å². The van der Waals surface area contributed by atoms with Crippen LogP contribution in [-0.4, -0.2) is 13.4 Å². The van der Waals surface area contributed by atoms with Gasteiger partial charge in [-0.2, -0.15) is 0 Å². The summed E-state index contributed by atoms with van der Waals surface area (Å²) in [7, 11) is -4.33. The van der Waals surface area contributed by atoms with E-state index in [0.717, 1.165) is 23.1 Å². The molecule has 0 aliphatic rings. The van der Waals surface area contributed by atoms with Gasteiger partial charge in [-0.25, -0.2) is 21.9 Å². The fourth-order valence-electron chi connectivity index (χ4n) is 2.20. The molecule has 0 fully saturated rings. The number of aromatic nitrogens is 1. The first kappa shape index (κ1) is 16.7. The van der Waals surface area contributed by atoms with Crippen molar-refractivity contribution in [2.24, 2.45) is 0 Å². The Morgan fingerprint density at radius 2 is 1.79 bits per heavy atom. The van der Waals surface area contributed by atoms with Gasteiger partial charge >= 0.3 is 0 Å². The van der Waals surface area contributed by atoms with Crippen molar-refractivity contribution in [2.75, 3.05) is 0 Å². The van der Waals surface area contributed by atoms with E-state index in [0.29, 0.717) is 11.3 Å². The van der Waals surface area contributed by atoms with E-state index in [9.17, 15) is 17.2 Å². The molecule has 0 amide bonds. The maximum absolute atomic E-state index is 13.7. The lowest BCUT2D eigenvalue weighted by Gasteiger charge is -2.10. The first-order valence-electron chi connectivity index (χ1n) is 6.90. The third-order valence-electron chi connectivity index (χ3n) is 3.29. The van der Waals surface area contributed by atoms with E-state index in [4.69, 9.17) is 0 Å². The van der Waals surface area contributed by atoms with Gasteiger partial charge in [-0.05, 0) is 35.2 Å². The Balaban J connectivity index is 1.89. The minimum atomic E-state index is -4.33. The third-order valence-corrected chi connectivity index (χ3v) is 5.61. The van der Waals surface area contributed by atoms with Crippen molar-refractivity contribution in [1.29, 1.82) is 0 Å². The largest absolute Gasteiger partial charge is 0.255 e. The van der Waals surface area contributed by atoms with Gasteiger partial charge in [0.25, 0.3) is 0 Å². The lowest BCUT2D eigenvalue weighted by Crippen LogP contribution is -2.25. The molecule has 0 aliphatic carbocycles. The van der Waals surface area contributed by atoms with Crippen LogP contribution < -0.4 is 4.72 Å². The summed E-state index contributed by atoms with van der Waals surface area (Å²) in [6.07, 6.45) is 1.60. The lowest BCUT2D eigenvalue weighted by molar-refractivity contribution is 0.514. The molecule has 0 bridgehead atoms. The van der Waals surface area contributed by atoms with Crippen LogP contribution in [0.3, 0.4) is 0 Å². The van der Waals surface area contributed by atoms with E-state index in [2.05, 4.69) is 9.71 Å². The Morgan fingerprint density at radius 1 is 1.04 bits per heavy atom. The summed E-state index contributed by atoms with van der Waals surface area (Å²) in [5.41, 5.74) is 1.24. The van der Waals surface area contributed by atoms with Crippen LogP contribution in [0.5, 0.6) is 0 Å². The summed E-state index contributed by atoms with van der Waals surface area (Å²) in [5, 5.41) is 1.88. The van der Waals surface area contributed by atoms with Gasteiger partial charge in [-0.3, -0.25) is 4.98 Å². The Labute approximate surface area is 141 Å². The van der Waals surface area contributed by atoms with E-state index in [1.807, 2.05) is 17.5 Å². The summed E-state index contributed by atoms with van der Waals surface area (Å²) >= 11 is 1.47. The Morgan fingerprint density at radius 3 is 2.46 bits per heavy atom. The normalized spacial score (nSPS) is 11.6. The van der Waals surface area contributed by atoms with Crippen LogP contribution in [0.25, 0.3) is 10.6 Å². The molecule has 8 heteroatoms. The molecule has 0 radical (unpaired) electrons. The van der Waals surface area contributed by atoms with Crippen LogP contribution in [0, 0.1) is 11.6 Å². The molecule has 0 saturated heterocycles. The summed E-state index contributed by atoms with van der Waals surface area (Å²) in [6, 6.07) is 10.0. The van der Waals surface area contributed by atoms with Gasteiger partial charge in [0.15, 0.2) is 4.90 Å². The van der Waals surface area contributed by atoms with E-state index < -0.39 is 26.6 Å². The molecule has 4 nitrogen and oxygen atoms in total. The minimum Gasteiger partial charge on any atom is -0.255 e. The Hall–Kier alpha value is -2.16. The zero-order valence-electron chi connectivity index (χ0n) is 12.2. The van der Waals surface area contributed by atoms with Gasteiger partial charge < -0.3 is 0 Å². The maximum atomic E-state index is 13.7. The van der Waals surface area contributed by atoms with E-state index in [1.54, 1.807) is 18.3 Å². The number of rotatable bonds is 5. The summed E-state index contributed by atoms with van der Waals surface area (Å²) in [5.74, 6) is -2.26. The number of nitrogens with zero attached hydrogens (tertiary/aromatic N) is 1. The highest BCUT2D eigenvalue weighted by Crippen LogP contribution is 2.26. The van der Waals surface area contributed by atoms with Crippen LogP contribution in [-0.2, 0) is 16.6 Å². The van der Waals surface area contributed by atoms with Crippen LogP contribution in [0.4, 0.5) is 8.78 Å². The molecular weight excluding hydrogens is 354 g/mol. The summed E-state index contributed by atoms with van der Waals surface area (Å²) < 4.78 is 54.1. The number of sulfonamides is 1. The van der Waals surface area contributed by atoms with Gasteiger partial charge in [0, 0.05) is 12.7 Å². The second-order valence-electron chi connectivity index (χ2n) is 4.86. The van der Waals surface area contributed by atoms with Gasteiger partial charge in [-0.1, -0.05) is 18.2 Å². The van der Waals surface area contributed by atoms with Crippen LogP contribution in [0.15, 0.2) is 58.9 Å². The van der Waals surface area contributed by atoms with Crippen molar-refractivity contribution in [3.05, 3.63) is 71.2 Å². The number of thiophene rings is 1. The molecule has 0 spiro atoms. The highest BCUT2D eigenvalue weighted by atomic mass is 32.2. The molecule has 0 aliphatic heterocycles. The molecule has 0 saturated carbocycles. The Kier molecular flexibility index (Phi) is 4.70. The zero-order chi connectivity index (χ0) is 17.2. The van der Waals surface area contributed by atoms with Gasteiger partial charge in [0.2, 0.25) is 10.0 Å². The second-order valence-corrected chi connectivity index (χ2v) is 7.52. The molecule has 1 N–H and O–H groups in total. The Bertz CT molecular complexity index is 938. The monoisotopic (exact) mass is 366 g/mol. The van der Waals surface area contributed by atoms with Crippen LogP contribution in [0.1, 0.15) is 5.56 Å². The molecule has 0 unspecified atom stereocenters. The van der Waals surface area contributed by atoms with Crippen molar-refractivity contribution < 1.29 is 17.2 Å². The molecular formula is C16H12F2N2O2S2. The third kappa shape index (κ3) is 3.35. The molecule has 1 aromatic carbocycles. The molecule has 0 atom stereocenters. The maximum Gasteiger partial charge on any atom is 0.246 e. The fourth-order valence-corrected chi connectivity index (χ4v) is 4.10. The van der Waals surface area contributed by atoms with Crippen molar-refractivity contribution in [1.82, 2.24) is 9.71 Å². The number of nitrogens with one attached hydrogen (secondary N) is 1. The molecule has 2 aromatic heterocycles. The predicted molar refractivity (Wildman–Crippen MR) is 87.9 cm³/mol. The zero-order valence-corrected chi connectivity index (χ0v) is 13.9. The summed E-state index contributed by atoms with van der Waals surface area (Å²) in [6.45, 7) is -0.128. The summed E-state index contributed by atoms with van der Waals surface area (Å²) in [4.78, 5) is 4.15. The number of hydrogen-bond donors (Lipinski definition) is 1. The number of benzene rings is 1. The number of hydrogen-bond acceptors (Lipinski definition) is 4. The fraction of sp³-hybridized carbons (Fsp3) is 0.0625. The van der Waals surface area contributed by atoms with Gasteiger partial charge in [-0.15, -0.1) is 11.3 Å². The molecule has 3 rings (SSSR count). The standard InChI is InChI=1S/C16H12F2N2O2S2/c17-12-5-1-6-13(18)16(12)24(21,22)20-10-11-4-2-8-19-15(11)14-7-3-9-23-14/h1-9,20H,10H2. The smallest absolute Gasteiger partial charge is 0.246 e. The van der Waals surface area contributed by atoms with Crippen LogP contribution in [0.2, 0.25) is 0 Å². The van der Waals surface area contributed by atoms with Gasteiger partial charge in [0.1, 0.15) is 11.6 Å². The minimum absolute atomic E-state index is 0.128. The van der Waals surface area contributed by atoms with Gasteiger partial charge in [0.05, 0.1) is 10.6 Å². The average Bonchev–Trinajstić information content (AvgIpc) is 3.07.